The number of nitrogens with zero attached hydrogens (tertiary/aromatic N) is 3. The average Bonchev–Trinajstić information content (AvgIpc) is 2.71. The Morgan fingerprint density at radius 3 is 2.61 bits per heavy atom. The summed E-state index contributed by atoms with van der Waals surface area (Å²) in [6.07, 6.45) is 0.823. The van der Waals surface area contributed by atoms with Crippen LogP contribution in [0.1, 0.15) is 44.0 Å². The number of aliphatic imine (C=N–C) groups is 1. The third-order valence-corrected chi connectivity index (χ3v) is 4.18. The summed E-state index contributed by atoms with van der Waals surface area (Å²) in [4.78, 5) is 4.55. The summed E-state index contributed by atoms with van der Waals surface area (Å²) in [5.74, 6) is 0.328. The highest BCUT2D eigenvalue weighted by molar-refractivity contribution is 5.98. The predicted molar refractivity (Wildman–Crippen MR) is 88.4 cm³/mol. The van der Waals surface area contributed by atoms with E-state index >= 15 is 0 Å². The second-order valence-corrected chi connectivity index (χ2v) is 6.74. The van der Waals surface area contributed by atoms with Crippen LogP contribution < -0.4 is 0 Å². The number of fused-ring (bicyclic) bond motifs is 1. The molecule has 0 spiro atoms. The Labute approximate surface area is 136 Å². The molecular formula is C18H22FN3O. The molecule has 1 aromatic heterocycles. The smallest absolute Gasteiger partial charge is 0.228 e. The van der Waals surface area contributed by atoms with Crippen molar-refractivity contribution in [2.75, 3.05) is 0 Å². The molecule has 23 heavy (non-hydrogen) atoms. The Balaban J connectivity index is 2.16. The van der Waals surface area contributed by atoms with Crippen molar-refractivity contribution in [3.63, 3.8) is 0 Å². The van der Waals surface area contributed by atoms with Crippen molar-refractivity contribution >= 4 is 11.6 Å². The van der Waals surface area contributed by atoms with E-state index in [1.54, 1.807) is 14.0 Å². The molecule has 122 valence electrons. The second kappa shape index (κ2) is 5.48. The summed E-state index contributed by atoms with van der Waals surface area (Å²) in [5.41, 5.74) is 2.27. The topological polar surface area (TPSA) is 39.4 Å². The van der Waals surface area contributed by atoms with Gasteiger partial charge in [-0.15, -0.1) is 0 Å². The van der Waals surface area contributed by atoms with Gasteiger partial charge < -0.3 is 4.74 Å². The number of rotatable bonds is 3. The Kier molecular flexibility index (Phi) is 3.74. The maximum atomic E-state index is 14.4. The maximum absolute atomic E-state index is 14.4. The number of aryl methyl sites for hydroxylation is 2. The van der Waals surface area contributed by atoms with Crippen LogP contribution in [0.3, 0.4) is 0 Å². The van der Waals surface area contributed by atoms with E-state index < -0.39 is 11.5 Å². The van der Waals surface area contributed by atoms with E-state index in [0.29, 0.717) is 23.1 Å². The van der Waals surface area contributed by atoms with E-state index in [4.69, 9.17) is 4.74 Å². The van der Waals surface area contributed by atoms with Crippen molar-refractivity contribution in [1.29, 1.82) is 0 Å². The summed E-state index contributed by atoms with van der Waals surface area (Å²) in [6.45, 7) is 8.12. The number of benzene rings is 1. The Bertz CT molecular complexity index is 779. The van der Waals surface area contributed by atoms with Gasteiger partial charge in [-0.1, -0.05) is 32.0 Å². The molecule has 0 fully saturated rings. The maximum Gasteiger partial charge on any atom is 0.228 e. The van der Waals surface area contributed by atoms with Crippen LogP contribution in [-0.4, -0.2) is 15.7 Å². The van der Waals surface area contributed by atoms with E-state index in [1.165, 1.54) is 4.68 Å². The van der Waals surface area contributed by atoms with E-state index in [0.717, 1.165) is 17.7 Å². The molecule has 0 saturated heterocycles. The second-order valence-electron chi connectivity index (χ2n) is 6.74. The van der Waals surface area contributed by atoms with Gasteiger partial charge in [0.15, 0.2) is 0 Å². The van der Waals surface area contributed by atoms with Gasteiger partial charge in [-0.3, -0.25) is 0 Å². The lowest BCUT2D eigenvalue weighted by Gasteiger charge is -2.36. The summed E-state index contributed by atoms with van der Waals surface area (Å²) in [6, 6.07) is 7.90. The predicted octanol–water partition coefficient (Wildman–Crippen LogP) is 4.24. The van der Waals surface area contributed by atoms with Gasteiger partial charge >= 0.3 is 0 Å². The lowest BCUT2D eigenvalue weighted by molar-refractivity contribution is 0.0470. The third kappa shape index (κ3) is 2.64. The molecule has 1 aromatic carbocycles. The van der Waals surface area contributed by atoms with Crippen LogP contribution >= 0.6 is 0 Å². The van der Waals surface area contributed by atoms with Gasteiger partial charge in [-0.05, 0) is 32.3 Å². The minimum atomic E-state index is -0.531. The molecule has 1 aliphatic rings. The molecule has 4 nitrogen and oxygen atoms in total. The van der Waals surface area contributed by atoms with Gasteiger partial charge in [0.1, 0.15) is 11.2 Å². The quantitative estimate of drug-likeness (QED) is 0.850. The summed E-state index contributed by atoms with van der Waals surface area (Å²) >= 11 is 0. The molecule has 3 rings (SSSR count). The number of para-hydroxylation sites is 1. The zero-order valence-electron chi connectivity index (χ0n) is 14.2. The van der Waals surface area contributed by atoms with Crippen molar-refractivity contribution in [2.45, 2.75) is 39.7 Å². The zero-order valence-corrected chi connectivity index (χ0v) is 14.2. The zero-order chi connectivity index (χ0) is 16.8. The Morgan fingerprint density at radius 2 is 2.00 bits per heavy atom. The fraction of sp³-hybridized carbons (Fsp3) is 0.444. The monoisotopic (exact) mass is 315 g/mol. The Morgan fingerprint density at radius 1 is 1.30 bits per heavy atom. The van der Waals surface area contributed by atoms with Crippen LogP contribution in [0.15, 0.2) is 29.3 Å². The van der Waals surface area contributed by atoms with Crippen LogP contribution in [0.5, 0.6) is 0 Å². The molecule has 1 unspecified atom stereocenters. The highest BCUT2D eigenvalue weighted by Crippen LogP contribution is 2.42. The van der Waals surface area contributed by atoms with Crippen molar-refractivity contribution in [2.24, 2.45) is 18.0 Å². The van der Waals surface area contributed by atoms with Crippen molar-refractivity contribution in [1.82, 2.24) is 9.78 Å². The van der Waals surface area contributed by atoms with Gasteiger partial charge in [0.25, 0.3) is 0 Å². The molecule has 2 aromatic rings. The number of halogens is 1. The molecular weight excluding hydrogens is 293 g/mol. The van der Waals surface area contributed by atoms with E-state index in [1.807, 2.05) is 31.2 Å². The minimum Gasteiger partial charge on any atom is -0.466 e. The molecule has 0 saturated carbocycles. The molecule has 0 amide bonds. The molecule has 0 radical (unpaired) electrons. The fourth-order valence-electron chi connectivity index (χ4n) is 3.33. The lowest BCUT2D eigenvalue weighted by atomic mass is 9.85. The number of ether oxygens (including phenoxy) is 1. The van der Waals surface area contributed by atoms with Crippen LogP contribution in [0.4, 0.5) is 10.1 Å². The Hall–Kier alpha value is -2.17. The van der Waals surface area contributed by atoms with Gasteiger partial charge in [-0.2, -0.15) is 9.49 Å². The van der Waals surface area contributed by atoms with Crippen LogP contribution in [0, 0.1) is 18.8 Å². The van der Waals surface area contributed by atoms with E-state index in [9.17, 15) is 4.39 Å². The molecule has 0 aliphatic carbocycles. The standard InChI is InChI=1S/C18H22FN3O/c1-11(2)10-18(4)13-8-6-7-9-14(13)20-17(23-18)15-12(3)21-22(5)16(15)19/h6-9,11H,10H2,1-5H3. The lowest BCUT2D eigenvalue weighted by Crippen LogP contribution is -2.34. The summed E-state index contributed by atoms with van der Waals surface area (Å²) in [7, 11) is 1.58. The first-order chi connectivity index (χ1) is 10.8. The van der Waals surface area contributed by atoms with Gasteiger partial charge in [0, 0.05) is 12.6 Å². The van der Waals surface area contributed by atoms with Crippen molar-refractivity contribution < 1.29 is 9.13 Å². The number of hydrogen-bond acceptors (Lipinski definition) is 3. The van der Waals surface area contributed by atoms with Crippen molar-refractivity contribution in [3.05, 3.63) is 47.0 Å². The average molecular weight is 315 g/mol. The third-order valence-electron chi connectivity index (χ3n) is 4.18. The van der Waals surface area contributed by atoms with E-state index in [2.05, 4.69) is 23.9 Å². The van der Waals surface area contributed by atoms with E-state index in [-0.39, 0.29) is 0 Å². The normalized spacial score (nSPS) is 20.2. The van der Waals surface area contributed by atoms with Crippen LogP contribution in [0.2, 0.25) is 0 Å². The first-order valence-corrected chi connectivity index (χ1v) is 7.88. The largest absolute Gasteiger partial charge is 0.466 e. The van der Waals surface area contributed by atoms with Gasteiger partial charge in [0.05, 0.1) is 11.4 Å². The molecule has 5 heteroatoms. The van der Waals surface area contributed by atoms with Crippen molar-refractivity contribution in [3.8, 4) is 0 Å². The summed E-state index contributed by atoms with van der Waals surface area (Å²) in [5, 5.41) is 4.13. The summed E-state index contributed by atoms with van der Waals surface area (Å²) < 4.78 is 21.9. The minimum absolute atomic E-state index is 0.315. The SMILES string of the molecule is Cc1nn(C)c(F)c1C1=Nc2ccccc2C(C)(CC(C)C)O1. The fourth-order valence-corrected chi connectivity index (χ4v) is 3.33. The number of hydrogen-bond donors (Lipinski definition) is 0. The first-order valence-electron chi connectivity index (χ1n) is 7.88. The highest BCUT2D eigenvalue weighted by atomic mass is 19.1. The highest BCUT2D eigenvalue weighted by Gasteiger charge is 2.38. The van der Waals surface area contributed by atoms with Gasteiger partial charge in [-0.25, -0.2) is 9.67 Å². The van der Waals surface area contributed by atoms with Crippen LogP contribution in [0.25, 0.3) is 0 Å². The molecule has 1 aliphatic heterocycles. The van der Waals surface area contributed by atoms with Gasteiger partial charge in [0.2, 0.25) is 11.8 Å². The molecule has 1 atom stereocenters. The molecule has 0 N–H and O–H groups in total. The molecule has 2 heterocycles. The first kappa shape index (κ1) is 15.7. The molecule has 0 bridgehead atoms. The van der Waals surface area contributed by atoms with Crippen LogP contribution in [-0.2, 0) is 17.4 Å². The number of aromatic nitrogens is 2.